The van der Waals surface area contributed by atoms with Crippen LogP contribution in [0.2, 0.25) is 0 Å². The van der Waals surface area contributed by atoms with Crippen molar-refractivity contribution in [3.8, 4) is 0 Å². The molecule has 0 aromatic carbocycles. The highest BCUT2D eigenvalue weighted by Crippen LogP contribution is 2.05. The molecule has 0 aromatic heterocycles. The minimum Gasteiger partial charge on any atom is -0.481 e. The molecule has 9 atom stereocenters. The van der Waals surface area contributed by atoms with Gasteiger partial charge in [-0.2, -0.15) is 0 Å². The maximum atomic E-state index is 10.4. The summed E-state index contributed by atoms with van der Waals surface area (Å²) >= 11 is 0. The van der Waals surface area contributed by atoms with E-state index in [4.69, 9.17) is 72.7 Å². The third kappa shape index (κ3) is 29.7. The lowest BCUT2D eigenvalue weighted by atomic mass is 10.1. The highest BCUT2D eigenvalue weighted by atomic mass is 16.4. The number of aldehydes is 1. The lowest BCUT2D eigenvalue weighted by Gasteiger charge is -2.21. The molecule has 2 saturated heterocycles. The van der Waals surface area contributed by atoms with Crippen LogP contribution < -0.4 is 22.1 Å². The van der Waals surface area contributed by atoms with Crippen molar-refractivity contribution in [2.24, 2.45) is 11.5 Å². The Hall–Kier alpha value is -4.40. The van der Waals surface area contributed by atoms with Gasteiger partial charge in [0.15, 0.2) is 6.29 Å². The number of amides is 1. The van der Waals surface area contributed by atoms with Crippen LogP contribution in [0, 0.1) is 0 Å². The predicted molar refractivity (Wildman–Crippen MR) is 163 cm³/mol. The number of carboxylic acid groups (broad SMARTS) is 6. The zero-order valence-corrected chi connectivity index (χ0v) is 27.0. The summed E-state index contributed by atoms with van der Waals surface area (Å²) in [5, 5.41) is 105. The zero-order chi connectivity index (χ0) is 40.3. The molecule has 24 nitrogen and oxygen atoms in total. The van der Waals surface area contributed by atoms with Crippen LogP contribution in [0.15, 0.2) is 0 Å². The number of carbonyl (C=O) groups is 8. The van der Waals surface area contributed by atoms with Crippen molar-refractivity contribution in [1.82, 2.24) is 10.6 Å². The van der Waals surface area contributed by atoms with Gasteiger partial charge in [-0.05, 0) is 39.7 Å². The lowest BCUT2D eigenvalue weighted by Crippen LogP contribution is -2.43. The Kier molecular flexibility index (Phi) is 30.9. The van der Waals surface area contributed by atoms with Crippen LogP contribution in [0.5, 0.6) is 0 Å². The third-order valence-electron chi connectivity index (χ3n) is 5.61. The van der Waals surface area contributed by atoms with Gasteiger partial charge in [0.25, 0.3) is 0 Å². The minimum atomic E-state index is -1.65. The van der Waals surface area contributed by atoms with Crippen molar-refractivity contribution in [1.29, 1.82) is 0 Å². The molecule has 0 aromatic rings. The van der Waals surface area contributed by atoms with Gasteiger partial charge in [-0.15, -0.1) is 0 Å². The normalized spacial score (nSPS) is 19.8. The number of rotatable bonds is 12. The largest absolute Gasteiger partial charge is 0.481 e. The molecule has 0 saturated carbocycles. The van der Waals surface area contributed by atoms with Crippen LogP contribution in [0.4, 0.5) is 0 Å². The Balaban J connectivity index is -0.000000256. The molecular formula is C26H48N4O20. The van der Waals surface area contributed by atoms with Crippen LogP contribution in [0.1, 0.15) is 46.0 Å². The van der Waals surface area contributed by atoms with Gasteiger partial charge in [-0.3, -0.25) is 28.8 Å². The maximum Gasteiger partial charge on any atom is 0.326 e. The molecule has 0 spiro atoms. The molecule has 2 fully saturated rings. The molecule has 2 aliphatic heterocycles. The first-order valence-corrected chi connectivity index (χ1v) is 14.2. The minimum absolute atomic E-state index is 0.0935. The number of aliphatic hydroxyl groups excluding tert-OH is 6. The number of hydrogen-bond donors (Lipinski definition) is 16. The lowest BCUT2D eigenvalue weighted by molar-refractivity contribution is -0.147. The SMILES string of the molecule is C[C@@H](O)[C@H](N)C(=O)O.C[C@H](O)[C@H](O)[C@@H](O)[C@@H](O)C=O.N[C@@H](CO)C(=O)O.O=C(O)CC(=O)O.O=C(O)[C@@H]1CCCN1.O=C1CC[C@@H](C(=O)O)N1. The molecule has 292 valence electrons. The Labute approximate surface area is 283 Å². The number of nitrogens with two attached hydrogens (primary N) is 2. The predicted octanol–water partition coefficient (Wildman–Crippen LogP) is -6.46. The molecule has 0 aliphatic carbocycles. The van der Waals surface area contributed by atoms with Crippen molar-refractivity contribution in [3.63, 3.8) is 0 Å². The number of carboxylic acids is 6. The van der Waals surface area contributed by atoms with E-state index in [0.29, 0.717) is 12.8 Å². The molecule has 18 N–H and O–H groups in total. The number of aliphatic hydroxyl groups is 6. The number of hydrogen-bond acceptors (Lipinski definition) is 17. The first-order valence-electron chi connectivity index (χ1n) is 14.2. The van der Waals surface area contributed by atoms with Gasteiger partial charge in [-0.25, -0.2) is 4.79 Å². The van der Waals surface area contributed by atoms with Gasteiger partial charge in [0.05, 0.1) is 18.8 Å². The molecular weight excluding hydrogens is 688 g/mol. The quantitative estimate of drug-likeness (QED) is 0.0654. The Bertz CT molecular complexity index is 1030. The summed E-state index contributed by atoms with van der Waals surface area (Å²) in [6.45, 7) is 2.93. The van der Waals surface area contributed by atoms with Gasteiger partial charge in [0.2, 0.25) is 5.91 Å². The average molecular weight is 737 g/mol. The Morgan fingerprint density at radius 1 is 0.780 bits per heavy atom. The monoisotopic (exact) mass is 736 g/mol. The third-order valence-corrected chi connectivity index (χ3v) is 5.61. The van der Waals surface area contributed by atoms with E-state index in [1.54, 1.807) is 0 Å². The van der Waals surface area contributed by atoms with E-state index in [1.165, 1.54) is 13.8 Å². The standard InChI is InChI=1S/C6H12O5.C5H7NO3.C5H9NO2.C4H9NO3.C3H7NO3.C3H4O4/c1-3(8)5(10)6(11)4(9)2-7;7-4-2-1-3(6-4)5(8)9;7-5(8)4-2-1-3-6-4;1-2(6)3(5)4(7)8;4-2(1-5)3(6)7;4-2(5)1-3(6)7/h2-6,8-11H,1H3;3H,1-2H2,(H,6,7)(H,8,9);4,6H,1-3H2,(H,7,8);2-3,6H,5H2,1H3,(H,7,8);2,5H,1,4H2,(H,6,7);1H2,(H,4,5)(H,6,7)/t3-,4-,5-,6-;3-;4-;2-,3+;2-;/m00010./s1. The summed E-state index contributed by atoms with van der Waals surface area (Å²) in [7, 11) is 0. The number of carbonyl (C=O) groups excluding carboxylic acids is 2. The van der Waals surface area contributed by atoms with Crippen LogP contribution in [-0.4, -0.2) is 177 Å². The maximum absolute atomic E-state index is 10.4. The summed E-state index contributed by atoms with van der Waals surface area (Å²) in [6.07, 6.45) is -5.11. The molecule has 24 heteroatoms. The van der Waals surface area contributed by atoms with E-state index < -0.39 is 97.5 Å². The second kappa shape index (κ2) is 29.5. The van der Waals surface area contributed by atoms with Gasteiger partial charge >= 0.3 is 35.8 Å². The number of aliphatic carboxylic acids is 6. The second-order valence-corrected chi connectivity index (χ2v) is 10.0. The molecule has 50 heavy (non-hydrogen) atoms. The van der Waals surface area contributed by atoms with Crippen molar-refractivity contribution < 1.29 is 99.6 Å². The van der Waals surface area contributed by atoms with Gasteiger partial charge in [0.1, 0.15) is 48.9 Å². The fourth-order valence-corrected chi connectivity index (χ4v) is 2.68. The van der Waals surface area contributed by atoms with Crippen molar-refractivity contribution in [2.75, 3.05) is 13.2 Å². The van der Waals surface area contributed by atoms with E-state index in [9.17, 15) is 38.4 Å². The topological polar surface area (TPSA) is 455 Å². The summed E-state index contributed by atoms with van der Waals surface area (Å²) in [4.78, 5) is 78.9. The van der Waals surface area contributed by atoms with Gasteiger partial charge in [-0.1, -0.05) is 0 Å². The van der Waals surface area contributed by atoms with E-state index in [0.717, 1.165) is 19.4 Å². The molecule has 2 heterocycles. The van der Waals surface area contributed by atoms with E-state index in [2.05, 4.69) is 10.6 Å². The van der Waals surface area contributed by atoms with Crippen LogP contribution in [0.3, 0.4) is 0 Å². The molecule has 2 rings (SSSR count). The highest BCUT2D eigenvalue weighted by Gasteiger charge is 2.27. The molecule has 1 amide bonds. The molecule has 0 radical (unpaired) electrons. The summed E-state index contributed by atoms with van der Waals surface area (Å²) in [6, 6.07) is -3.19. The molecule has 0 bridgehead atoms. The first kappa shape index (κ1) is 52.4. The first-order chi connectivity index (χ1) is 22.9. The summed E-state index contributed by atoms with van der Waals surface area (Å²) in [5.41, 5.74) is 9.68. The van der Waals surface area contributed by atoms with E-state index in [-0.39, 0.29) is 18.2 Å². The average Bonchev–Trinajstić information content (AvgIpc) is 3.72. The zero-order valence-electron chi connectivity index (χ0n) is 27.0. The Morgan fingerprint density at radius 3 is 1.40 bits per heavy atom. The second-order valence-electron chi connectivity index (χ2n) is 10.0. The van der Waals surface area contributed by atoms with Gasteiger partial charge < -0.3 is 88.2 Å². The molecule has 2 aliphatic rings. The van der Waals surface area contributed by atoms with Crippen LogP contribution in [-0.2, 0) is 38.4 Å². The van der Waals surface area contributed by atoms with Crippen molar-refractivity contribution >= 4 is 48.0 Å². The smallest absolute Gasteiger partial charge is 0.326 e. The van der Waals surface area contributed by atoms with Crippen molar-refractivity contribution in [3.05, 3.63) is 0 Å². The van der Waals surface area contributed by atoms with Gasteiger partial charge in [0, 0.05) is 6.42 Å². The fraction of sp³-hybridized carbons (Fsp3) is 0.692. The van der Waals surface area contributed by atoms with E-state index in [1.807, 2.05) is 0 Å². The summed E-state index contributed by atoms with van der Waals surface area (Å²) in [5.74, 6) is -6.81. The van der Waals surface area contributed by atoms with Crippen LogP contribution >= 0.6 is 0 Å². The van der Waals surface area contributed by atoms with E-state index >= 15 is 0 Å². The Morgan fingerprint density at radius 2 is 1.26 bits per heavy atom. The van der Waals surface area contributed by atoms with Crippen LogP contribution in [0.25, 0.3) is 0 Å². The fourth-order valence-electron chi connectivity index (χ4n) is 2.68. The molecule has 0 unspecified atom stereocenters. The highest BCUT2D eigenvalue weighted by molar-refractivity contribution is 5.89. The summed E-state index contributed by atoms with van der Waals surface area (Å²) < 4.78 is 0. The van der Waals surface area contributed by atoms with Crippen molar-refractivity contribution in [2.45, 2.75) is 101 Å². The number of nitrogens with one attached hydrogen (secondary N) is 2.